The fourth-order valence-corrected chi connectivity index (χ4v) is 3.12. The molecule has 0 fully saturated rings. The van der Waals surface area contributed by atoms with Crippen molar-refractivity contribution in [3.63, 3.8) is 0 Å². The number of hydrogen-bond donors (Lipinski definition) is 4. The van der Waals surface area contributed by atoms with Gasteiger partial charge in [-0.25, -0.2) is 4.21 Å². The fourth-order valence-electron chi connectivity index (χ4n) is 2.27. The topological polar surface area (TPSA) is 112 Å². The number of quaternary nitrogens is 1. The van der Waals surface area contributed by atoms with Crippen molar-refractivity contribution in [2.75, 3.05) is 15.8 Å². The monoisotopic (exact) mass is 367 g/mol. The molecule has 6 nitrogen and oxygen atoms in total. The molecule has 0 saturated heterocycles. The average Bonchev–Trinajstić information content (AvgIpc) is 2.65. The van der Waals surface area contributed by atoms with Gasteiger partial charge in [0.1, 0.15) is 11.0 Å². The van der Waals surface area contributed by atoms with Crippen LogP contribution in [0.2, 0.25) is 0 Å². The number of carbonyl (C=O) groups is 1. The van der Waals surface area contributed by atoms with Crippen LogP contribution in [0, 0.1) is 0 Å². The lowest BCUT2D eigenvalue weighted by molar-refractivity contribution is -0.253. The molecule has 0 spiro atoms. The molecule has 7 N–H and O–H groups in total. The molecule has 0 radical (unpaired) electrons. The summed E-state index contributed by atoms with van der Waals surface area (Å²) >= 11 is 0. The third kappa shape index (κ3) is 4.27. The average molecular weight is 367 g/mol. The number of nitrogens with one attached hydrogen (secondary N) is 2. The summed E-state index contributed by atoms with van der Waals surface area (Å²) in [7, 11) is -1.38. The van der Waals surface area contributed by atoms with Crippen molar-refractivity contribution in [2.45, 2.75) is 4.90 Å². The fraction of sp³-hybridized carbons (Fsp3) is 0. The summed E-state index contributed by atoms with van der Waals surface area (Å²) in [6.45, 7) is 0. The van der Waals surface area contributed by atoms with Gasteiger partial charge in [0.25, 0.3) is 5.91 Å². The largest absolute Gasteiger partial charge is 0.394 e. The second kappa shape index (κ2) is 7.81. The predicted octanol–water partition coefficient (Wildman–Crippen LogP) is 2.53. The number of rotatable bonds is 5. The molecule has 0 aliphatic rings. The van der Waals surface area contributed by atoms with E-state index in [1.54, 1.807) is 42.5 Å². The van der Waals surface area contributed by atoms with E-state index in [1.165, 1.54) is 0 Å². The lowest BCUT2D eigenvalue weighted by Gasteiger charge is -2.08. The molecule has 3 aromatic carbocycles. The first kappa shape index (κ1) is 17.7. The number of carbonyl (C=O) groups excluding carboxylic acids is 1. The highest BCUT2D eigenvalue weighted by atomic mass is 32.2. The summed E-state index contributed by atoms with van der Waals surface area (Å²) in [6.07, 6.45) is 0. The van der Waals surface area contributed by atoms with Gasteiger partial charge in [-0.2, -0.15) is 0 Å². The minimum Gasteiger partial charge on any atom is -0.394 e. The van der Waals surface area contributed by atoms with E-state index >= 15 is 0 Å². The second-order valence-corrected chi connectivity index (χ2v) is 6.84. The number of nitrogen functional groups attached to an aromatic ring is 1. The Kier molecular flexibility index (Phi) is 5.31. The summed E-state index contributed by atoms with van der Waals surface area (Å²) in [6, 6.07) is 21.1. The lowest BCUT2D eigenvalue weighted by Crippen LogP contribution is -2.41. The summed E-state index contributed by atoms with van der Waals surface area (Å²) in [4.78, 5) is 12.9. The molecule has 7 heteroatoms. The van der Waals surface area contributed by atoms with Crippen LogP contribution >= 0.6 is 0 Å². The van der Waals surface area contributed by atoms with Crippen molar-refractivity contribution in [1.29, 1.82) is 0 Å². The van der Waals surface area contributed by atoms with E-state index in [2.05, 4.69) is 15.8 Å². The van der Waals surface area contributed by atoms with E-state index in [4.69, 9.17) is 5.73 Å². The van der Waals surface area contributed by atoms with Crippen molar-refractivity contribution < 1.29 is 14.7 Å². The highest BCUT2D eigenvalue weighted by molar-refractivity contribution is 7.86. The van der Waals surface area contributed by atoms with E-state index in [1.807, 2.05) is 30.3 Å². The minimum absolute atomic E-state index is 0.270. The molecule has 26 heavy (non-hydrogen) atoms. The Bertz CT molecular complexity index is 944. The maximum absolute atomic E-state index is 12.3. The van der Waals surface area contributed by atoms with Crippen LogP contribution in [-0.2, 0) is 11.0 Å². The number of benzene rings is 3. The van der Waals surface area contributed by atoms with E-state index in [-0.39, 0.29) is 5.91 Å². The van der Waals surface area contributed by atoms with Gasteiger partial charge in [-0.15, -0.1) is 0 Å². The highest BCUT2D eigenvalue weighted by Crippen LogP contribution is 2.18. The summed E-state index contributed by atoms with van der Waals surface area (Å²) in [5.41, 5.74) is 12.5. The molecule has 0 aliphatic carbocycles. The molecule has 1 amide bonds. The Morgan fingerprint density at radius 3 is 2.27 bits per heavy atom. The first-order valence-electron chi connectivity index (χ1n) is 7.89. The molecule has 3 aromatic rings. The number of para-hydroxylation sites is 1. The number of nitrogens with two attached hydrogens (primary N) is 1. The molecule has 0 aromatic heterocycles. The van der Waals surface area contributed by atoms with Crippen LogP contribution in [0.25, 0.3) is 0 Å². The van der Waals surface area contributed by atoms with Crippen molar-refractivity contribution >= 4 is 39.6 Å². The highest BCUT2D eigenvalue weighted by Gasteiger charge is 2.10. The van der Waals surface area contributed by atoms with Gasteiger partial charge in [-0.3, -0.25) is 4.79 Å². The van der Waals surface area contributed by atoms with E-state index in [0.29, 0.717) is 27.5 Å². The van der Waals surface area contributed by atoms with Gasteiger partial charge in [-0.05, 0) is 48.5 Å². The Balaban J connectivity index is 1.66. The van der Waals surface area contributed by atoms with Crippen LogP contribution in [0.1, 0.15) is 10.4 Å². The zero-order valence-electron chi connectivity index (χ0n) is 13.9. The smallest absolute Gasteiger partial charge is 0.255 e. The quantitative estimate of drug-likeness (QED) is 0.520. The third-order valence-electron chi connectivity index (χ3n) is 3.72. The van der Waals surface area contributed by atoms with Crippen molar-refractivity contribution in [3.8, 4) is 0 Å². The standard InChI is InChI=1S/C19H18N4O2S/c20-17-11-6-13(12-18(17)21)19(24)22-14-7-9-16(10-8-14)26(25)23-15-4-2-1-3-5-15/h1-12,23H,20-21H2,(H,22,24)/p+1. The molecule has 1 unspecified atom stereocenters. The molecular weight excluding hydrogens is 348 g/mol. The van der Waals surface area contributed by atoms with Gasteiger partial charge in [0.05, 0.1) is 10.6 Å². The van der Waals surface area contributed by atoms with Gasteiger partial charge >= 0.3 is 0 Å². The Labute approximate surface area is 153 Å². The van der Waals surface area contributed by atoms with Gasteiger partial charge in [0.15, 0.2) is 5.69 Å². The summed E-state index contributed by atoms with van der Waals surface area (Å²) in [5.74, 6) is -0.270. The molecular formula is C19H19N4O2S+. The molecule has 3 rings (SSSR count). The molecule has 0 aliphatic heterocycles. The maximum Gasteiger partial charge on any atom is 0.255 e. The van der Waals surface area contributed by atoms with Crippen LogP contribution in [-0.4, -0.2) is 10.1 Å². The second-order valence-electron chi connectivity index (χ2n) is 5.63. The zero-order valence-corrected chi connectivity index (χ0v) is 14.8. The predicted molar refractivity (Wildman–Crippen MR) is 104 cm³/mol. The molecule has 0 saturated carbocycles. The van der Waals surface area contributed by atoms with Crippen molar-refractivity contribution in [2.24, 2.45) is 0 Å². The van der Waals surface area contributed by atoms with Crippen LogP contribution in [0.15, 0.2) is 77.7 Å². The molecule has 0 heterocycles. The summed E-state index contributed by atoms with van der Waals surface area (Å²) in [5, 5.41) is 2.79. The Morgan fingerprint density at radius 2 is 1.62 bits per heavy atom. The van der Waals surface area contributed by atoms with E-state index in [0.717, 1.165) is 5.69 Å². The Hall–Kier alpha value is -3.16. The minimum atomic E-state index is -1.38. The lowest BCUT2D eigenvalue weighted by atomic mass is 10.1. The first-order chi connectivity index (χ1) is 12.5. The van der Waals surface area contributed by atoms with Crippen molar-refractivity contribution in [1.82, 2.24) is 0 Å². The van der Waals surface area contributed by atoms with Gasteiger partial charge in [-0.1, -0.05) is 18.2 Å². The third-order valence-corrected chi connectivity index (χ3v) is 4.84. The zero-order chi connectivity index (χ0) is 18.5. The van der Waals surface area contributed by atoms with Crippen molar-refractivity contribution in [3.05, 3.63) is 78.4 Å². The number of amides is 1. The van der Waals surface area contributed by atoms with Crippen LogP contribution in [0.5, 0.6) is 0 Å². The molecule has 132 valence electrons. The van der Waals surface area contributed by atoms with Crippen LogP contribution in [0.3, 0.4) is 0 Å². The Morgan fingerprint density at radius 1 is 0.923 bits per heavy atom. The van der Waals surface area contributed by atoms with Gasteiger partial charge in [0, 0.05) is 23.0 Å². The number of anilines is 3. The summed E-state index contributed by atoms with van der Waals surface area (Å²) < 4.78 is 15.3. The van der Waals surface area contributed by atoms with E-state index < -0.39 is 11.0 Å². The van der Waals surface area contributed by atoms with E-state index in [9.17, 15) is 9.00 Å². The normalized spacial score (nSPS) is 11.6. The molecule has 1 atom stereocenters. The van der Waals surface area contributed by atoms with Gasteiger partial charge < -0.3 is 21.5 Å². The van der Waals surface area contributed by atoms with Crippen LogP contribution in [0.4, 0.5) is 22.7 Å². The first-order valence-corrected chi connectivity index (χ1v) is 9.04. The van der Waals surface area contributed by atoms with Gasteiger partial charge in [0.2, 0.25) is 0 Å². The van der Waals surface area contributed by atoms with Crippen LogP contribution < -0.4 is 21.5 Å². The molecule has 0 bridgehead atoms. The number of hydrogen-bond acceptors (Lipinski definition) is 3. The maximum atomic E-state index is 12.3. The SMILES string of the molecule is Nc1cc(C(=O)Nc2ccc(S(=O)Nc3ccccc3)cc2)ccc1[NH3+].